The number of aromatic nitrogens is 2. The molecule has 5 heteroatoms. The summed E-state index contributed by atoms with van der Waals surface area (Å²) < 4.78 is 5.21. The first-order valence-electron chi connectivity index (χ1n) is 7.15. The molecular formula is C15H23N3O2. The van der Waals surface area contributed by atoms with Crippen LogP contribution in [0, 0.1) is 0 Å². The van der Waals surface area contributed by atoms with Gasteiger partial charge in [0, 0.05) is 30.8 Å². The van der Waals surface area contributed by atoms with Crippen molar-refractivity contribution in [1.82, 2.24) is 15.0 Å². The van der Waals surface area contributed by atoms with Crippen molar-refractivity contribution >= 4 is 5.91 Å². The van der Waals surface area contributed by atoms with E-state index in [0.29, 0.717) is 37.1 Å². The Morgan fingerprint density at radius 2 is 2.20 bits per heavy atom. The molecule has 0 unspecified atom stereocenters. The van der Waals surface area contributed by atoms with Gasteiger partial charge in [-0.05, 0) is 12.8 Å². The molecule has 0 N–H and O–H groups in total. The van der Waals surface area contributed by atoms with Crippen LogP contribution in [0.2, 0.25) is 0 Å². The lowest BCUT2D eigenvalue weighted by molar-refractivity contribution is -0.131. The SMILES string of the molecule is C=CCN(C(=O)CCc1nc(C(C)(C)C)no1)C1CC1. The Bertz CT molecular complexity index is 484. The Balaban J connectivity index is 1.89. The summed E-state index contributed by atoms with van der Waals surface area (Å²) in [7, 11) is 0. The summed E-state index contributed by atoms with van der Waals surface area (Å²) >= 11 is 0. The zero-order chi connectivity index (χ0) is 14.8. The van der Waals surface area contributed by atoms with Gasteiger partial charge in [0.25, 0.3) is 0 Å². The van der Waals surface area contributed by atoms with Gasteiger partial charge in [-0.2, -0.15) is 4.98 Å². The molecule has 0 aliphatic heterocycles. The van der Waals surface area contributed by atoms with E-state index in [1.807, 2.05) is 25.7 Å². The van der Waals surface area contributed by atoms with E-state index in [-0.39, 0.29) is 11.3 Å². The third-order valence-electron chi connectivity index (χ3n) is 3.33. The van der Waals surface area contributed by atoms with Gasteiger partial charge >= 0.3 is 0 Å². The summed E-state index contributed by atoms with van der Waals surface area (Å²) in [5, 5.41) is 3.97. The van der Waals surface area contributed by atoms with E-state index in [1.54, 1.807) is 6.08 Å². The van der Waals surface area contributed by atoms with Gasteiger partial charge in [-0.25, -0.2) is 0 Å². The van der Waals surface area contributed by atoms with E-state index in [2.05, 4.69) is 16.7 Å². The first-order valence-corrected chi connectivity index (χ1v) is 7.15. The fourth-order valence-electron chi connectivity index (χ4n) is 2.00. The van der Waals surface area contributed by atoms with E-state index in [0.717, 1.165) is 12.8 Å². The van der Waals surface area contributed by atoms with Crippen LogP contribution >= 0.6 is 0 Å². The fourth-order valence-corrected chi connectivity index (χ4v) is 2.00. The molecule has 0 saturated heterocycles. The lowest BCUT2D eigenvalue weighted by atomic mass is 9.96. The van der Waals surface area contributed by atoms with Crippen LogP contribution in [0.1, 0.15) is 51.7 Å². The van der Waals surface area contributed by atoms with Gasteiger partial charge in [0.1, 0.15) is 0 Å². The highest BCUT2D eigenvalue weighted by Gasteiger charge is 2.31. The first-order chi connectivity index (χ1) is 9.41. The summed E-state index contributed by atoms with van der Waals surface area (Å²) in [5.74, 6) is 1.37. The highest BCUT2D eigenvalue weighted by atomic mass is 16.5. The maximum atomic E-state index is 12.2. The minimum absolute atomic E-state index is 0.130. The molecule has 1 heterocycles. The fraction of sp³-hybridized carbons (Fsp3) is 0.667. The maximum Gasteiger partial charge on any atom is 0.227 e. The van der Waals surface area contributed by atoms with Crippen molar-refractivity contribution in [2.24, 2.45) is 0 Å². The van der Waals surface area contributed by atoms with Crippen LogP contribution in [0.25, 0.3) is 0 Å². The van der Waals surface area contributed by atoms with Gasteiger partial charge in [0.2, 0.25) is 11.8 Å². The Kier molecular flexibility index (Phi) is 4.26. The van der Waals surface area contributed by atoms with Gasteiger partial charge in [-0.1, -0.05) is 32.0 Å². The third kappa shape index (κ3) is 3.68. The lowest BCUT2D eigenvalue weighted by Gasteiger charge is -2.20. The van der Waals surface area contributed by atoms with Gasteiger partial charge in [-0.15, -0.1) is 6.58 Å². The lowest BCUT2D eigenvalue weighted by Crippen LogP contribution is -2.33. The quantitative estimate of drug-likeness (QED) is 0.749. The first kappa shape index (κ1) is 14.8. The number of carbonyl (C=O) groups is 1. The van der Waals surface area contributed by atoms with Crippen molar-refractivity contribution in [2.45, 2.75) is 57.9 Å². The molecule has 0 spiro atoms. The van der Waals surface area contributed by atoms with Crippen LogP contribution in [-0.2, 0) is 16.6 Å². The van der Waals surface area contributed by atoms with Gasteiger partial charge in [0.15, 0.2) is 5.82 Å². The molecule has 1 aromatic rings. The molecule has 0 atom stereocenters. The molecule has 1 fully saturated rings. The topological polar surface area (TPSA) is 59.2 Å². The predicted molar refractivity (Wildman–Crippen MR) is 76.3 cm³/mol. The molecule has 110 valence electrons. The largest absolute Gasteiger partial charge is 0.339 e. The molecule has 5 nitrogen and oxygen atoms in total. The normalized spacial score (nSPS) is 15.2. The van der Waals surface area contributed by atoms with E-state index in [1.165, 1.54) is 0 Å². The van der Waals surface area contributed by atoms with Crippen molar-refractivity contribution in [3.8, 4) is 0 Å². The molecule has 1 aliphatic carbocycles. The van der Waals surface area contributed by atoms with E-state index in [9.17, 15) is 4.79 Å². The number of hydrogen-bond donors (Lipinski definition) is 0. The summed E-state index contributed by atoms with van der Waals surface area (Å²) in [5.41, 5.74) is -0.130. The van der Waals surface area contributed by atoms with Crippen LogP contribution < -0.4 is 0 Å². The standard InChI is InChI=1S/C15H23N3O2/c1-5-10-18(11-6-7-11)13(19)9-8-12-16-14(17-20-12)15(2,3)4/h5,11H,1,6-10H2,2-4H3. The van der Waals surface area contributed by atoms with Crippen molar-refractivity contribution in [3.63, 3.8) is 0 Å². The van der Waals surface area contributed by atoms with Crippen molar-refractivity contribution in [2.75, 3.05) is 6.54 Å². The molecule has 0 radical (unpaired) electrons. The molecule has 1 aromatic heterocycles. The van der Waals surface area contributed by atoms with Gasteiger partial charge in [0.05, 0.1) is 0 Å². The van der Waals surface area contributed by atoms with E-state index >= 15 is 0 Å². The number of amides is 1. The summed E-state index contributed by atoms with van der Waals surface area (Å²) in [6.07, 6.45) is 4.90. The van der Waals surface area contributed by atoms with Crippen molar-refractivity contribution in [3.05, 3.63) is 24.4 Å². The molecule has 0 aromatic carbocycles. The minimum Gasteiger partial charge on any atom is -0.339 e. The summed E-state index contributed by atoms with van der Waals surface area (Å²) in [6.45, 7) is 10.4. The van der Waals surface area contributed by atoms with Crippen LogP contribution in [0.4, 0.5) is 0 Å². The average Bonchev–Trinajstić information content (AvgIpc) is 3.08. The van der Waals surface area contributed by atoms with E-state index < -0.39 is 0 Å². The summed E-state index contributed by atoms with van der Waals surface area (Å²) in [6, 6.07) is 0.410. The number of hydrogen-bond acceptors (Lipinski definition) is 4. The highest BCUT2D eigenvalue weighted by molar-refractivity contribution is 5.77. The Labute approximate surface area is 120 Å². The molecule has 1 aliphatic rings. The average molecular weight is 277 g/mol. The monoisotopic (exact) mass is 277 g/mol. The third-order valence-corrected chi connectivity index (χ3v) is 3.33. The van der Waals surface area contributed by atoms with Crippen molar-refractivity contribution in [1.29, 1.82) is 0 Å². The Hall–Kier alpha value is -1.65. The Morgan fingerprint density at radius 1 is 1.50 bits per heavy atom. The highest BCUT2D eigenvalue weighted by Crippen LogP contribution is 2.27. The van der Waals surface area contributed by atoms with Crippen molar-refractivity contribution < 1.29 is 9.32 Å². The molecule has 20 heavy (non-hydrogen) atoms. The summed E-state index contributed by atoms with van der Waals surface area (Å²) in [4.78, 5) is 18.4. The molecule has 1 saturated carbocycles. The zero-order valence-corrected chi connectivity index (χ0v) is 12.6. The second-order valence-corrected chi connectivity index (χ2v) is 6.33. The number of aryl methyl sites for hydroxylation is 1. The molecule has 2 rings (SSSR count). The number of rotatable bonds is 6. The van der Waals surface area contributed by atoms with Gasteiger partial charge in [-0.3, -0.25) is 4.79 Å². The van der Waals surface area contributed by atoms with Gasteiger partial charge < -0.3 is 9.42 Å². The minimum atomic E-state index is -0.130. The smallest absolute Gasteiger partial charge is 0.227 e. The maximum absolute atomic E-state index is 12.2. The predicted octanol–water partition coefficient (Wildman–Crippen LogP) is 2.48. The number of carbonyl (C=O) groups excluding carboxylic acids is 1. The van der Waals surface area contributed by atoms with Crippen LogP contribution in [0.5, 0.6) is 0 Å². The van der Waals surface area contributed by atoms with E-state index in [4.69, 9.17) is 4.52 Å². The molecular weight excluding hydrogens is 254 g/mol. The zero-order valence-electron chi connectivity index (χ0n) is 12.6. The van der Waals surface area contributed by atoms with Crippen LogP contribution in [0.3, 0.4) is 0 Å². The number of nitrogens with zero attached hydrogens (tertiary/aromatic N) is 3. The Morgan fingerprint density at radius 3 is 2.70 bits per heavy atom. The second kappa shape index (κ2) is 5.77. The molecule has 1 amide bonds. The van der Waals surface area contributed by atoms with Crippen LogP contribution in [-0.4, -0.2) is 33.5 Å². The second-order valence-electron chi connectivity index (χ2n) is 6.33. The molecule has 0 bridgehead atoms. The van der Waals surface area contributed by atoms with Crippen LogP contribution in [0.15, 0.2) is 17.2 Å².